The van der Waals surface area contributed by atoms with Crippen LogP contribution in [0.25, 0.3) is 0 Å². The Kier molecular flexibility index (Phi) is 3.86. The van der Waals surface area contributed by atoms with Crippen molar-refractivity contribution < 1.29 is 14.3 Å². The number of carbonyl (C=O) groups is 1. The zero-order valence-electron chi connectivity index (χ0n) is 9.59. The summed E-state index contributed by atoms with van der Waals surface area (Å²) < 4.78 is 10.3. The smallest absolute Gasteiger partial charge is 0.188 e. The first-order chi connectivity index (χ1) is 7.06. The second-order valence-corrected chi connectivity index (χ2v) is 3.55. The number of Topliss-reactive ketones (excluding diaryl/α,β-unsaturated/α-hetero) is 1. The van der Waals surface area contributed by atoms with E-state index < -0.39 is 0 Å². The summed E-state index contributed by atoms with van der Waals surface area (Å²) in [6, 6.07) is 3.67. The van der Waals surface area contributed by atoms with Gasteiger partial charge in [-0.15, -0.1) is 0 Å². The molecule has 0 fully saturated rings. The SMILES string of the molecule is COCOc1c(C)cc(C(C)=O)cc1C. The Labute approximate surface area is 90.0 Å². The normalized spacial score (nSPS) is 10.1. The van der Waals surface area contributed by atoms with E-state index in [2.05, 4.69) is 0 Å². The maximum absolute atomic E-state index is 11.2. The molecule has 0 unspecified atom stereocenters. The minimum Gasteiger partial charge on any atom is -0.467 e. The molecule has 0 saturated carbocycles. The van der Waals surface area contributed by atoms with E-state index in [0.717, 1.165) is 22.4 Å². The fourth-order valence-corrected chi connectivity index (χ4v) is 1.50. The average molecular weight is 208 g/mol. The molecule has 3 nitrogen and oxygen atoms in total. The zero-order valence-corrected chi connectivity index (χ0v) is 9.59. The molecule has 0 aliphatic heterocycles. The minimum absolute atomic E-state index is 0.0690. The number of carbonyl (C=O) groups excluding carboxylic acids is 1. The molecule has 0 spiro atoms. The highest BCUT2D eigenvalue weighted by Gasteiger charge is 2.08. The molecular weight excluding hydrogens is 192 g/mol. The molecule has 1 rings (SSSR count). The number of ketones is 1. The molecule has 1 aromatic rings. The van der Waals surface area contributed by atoms with Gasteiger partial charge in [-0.25, -0.2) is 0 Å². The lowest BCUT2D eigenvalue weighted by Gasteiger charge is -2.12. The van der Waals surface area contributed by atoms with Crippen LogP contribution in [0.2, 0.25) is 0 Å². The molecule has 0 heterocycles. The second-order valence-electron chi connectivity index (χ2n) is 3.55. The highest BCUT2D eigenvalue weighted by atomic mass is 16.7. The van der Waals surface area contributed by atoms with Gasteiger partial charge in [0.15, 0.2) is 12.6 Å². The molecule has 0 atom stereocenters. The van der Waals surface area contributed by atoms with Crippen molar-refractivity contribution in [3.05, 3.63) is 28.8 Å². The highest BCUT2D eigenvalue weighted by Crippen LogP contribution is 2.24. The molecule has 0 amide bonds. The maximum Gasteiger partial charge on any atom is 0.188 e. The molecule has 0 saturated heterocycles. The number of aryl methyl sites for hydroxylation is 2. The summed E-state index contributed by atoms with van der Waals surface area (Å²) in [5.74, 6) is 0.862. The Balaban J connectivity index is 3.04. The van der Waals surface area contributed by atoms with Crippen LogP contribution in [0, 0.1) is 13.8 Å². The van der Waals surface area contributed by atoms with Gasteiger partial charge in [0.1, 0.15) is 5.75 Å². The highest BCUT2D eigenvalue weighted by molar-refractivity contribution is 5.94. The monoisotopic (exact) mass is 208 g/mol. The van der Waals surface area contributed by atoms with Gasteiger partial charge >= 0.3 is 0 Å². The van der Waals surface area contributed by atoms with Crippen LogP contribution >= 0.6 is 0 Å². The van der Waals surface area contributed by atoms with Crippen LogP contribution in [0.3, 0.4) is 0 Å². The summed E-state index contributed by atoms with van der Waals surface area (Å²) in [4.78, 5) is 11.2. The van der Waals surface area contributed by atoms with E-state index in [1.165, 1.54) is 0 Å². The van der Waals surface area contributed by atoms with E-state index in [9.17, 15) is 4.79 Å². The number of hydrogen-bond donors (Lipinski definition) is 0. The lowest BCUT2D eigenvalue weighted by molar-refractivity contribution is 0.0501. The van der Waals surface area contributed by atoms with Gasteiger partial charge < -0.3 is 9.47 Å². The van der Waals surface area contributed by atoms with Gasteiger partial charge in [-0.1, -0.05) is 0 Å². The van der Waals surface area contributed by atoms with Crippen molar-refractivity contribution in [2.45, 2.75) is 20.8 Å². The average Bonchev–Trinajstić information content (AvgIpc) is 2.16. The Morgan fingerprint density at radius 2 is 1.80 bits per heavy atom. The lowest BCUT2D eigenvalue weighted by Crippen LogP contribution is -2.03. The van der Waals surface area contributed by atoms with Crippen molar-refractivity contribution in [2.75, 3.05) is 13.9 Å². The van der Waals surface area contributed by atoms with E-state index in [4.69, 9.17) is 9.47 Å². The van der Waals surface area contributed by atoms with Crippen LogP contribution < -0.4 is 4.74 Å². The molecular formula is C12H16O3. The van der Waals surface area contributed by atoms with Crippen molar-refractivity contribution >= 4 is 5.78 Å². The van der Waals surface area contributed by atoms with Gasteiger partial charge in [0.05, 0.1) is 0 Å². The Morgan fingerprint density at radius 3 is 2.20 bits per heavy atom. The third-order valence-electron chi connectivity index (χ3n) is 2.19. The van der Waals surface area contributed by atoms with Crippen LogP contribution in [-0.4, -0.2) is 19.7 Å². The first-order valence-corrected chi connectivity index (χ1v) is 4.80. The van der Waals surface area contributed by atoms with Crippen molar-refractivity contribution in [2.24, 2.45) is 0 Å². The minimum atomic E-state index is 0.0690. The van der Waals surface area contributed by atoms with E-state index in [1.54, 1.807) is 14.0 Å². The van der Waals surface area contributed by atoms with Crippen molar-refractivity contribution in [1.82, 2.24) is 0 Å². The lowest BCUT2D eigenvalue weighted by atomic mass is 10.0. The van der Waals surface area contributed by atoms with E-state index in [1.807, 2.05) is 26.0 Å². The van der Waals surface area contributed by atoms with Gasteiger partial charge in [-0.3, -0.25) is 4.79 Å². The Morgan fingerprint density at radius 1 is 1.27 bits per heavy atom. The Hall–Kier alpha value is -1.35. The molecule has 0 bridgehead atoms. The van der Waals surface area contributed by atoms with Crippen LogP contribution in [0.1, 0.15) is 28.4 Å². The number of ether oxygens (including phenoxy) is 2. The number of hydrogen-bond acceptors (Lipinski definition) is 3. The summed E-state index contributed by atoms with van der Waals surface area (Å²) in [5.41, 5.74) is 2.63. The molecule has 0 radical (unpaired) electrons. The van der Waals surface area contributed by atoms with Crippen LogP contribution in [0.5, 0.6) is 5.75 Å². The van der Waals surface area contributed by atoms with Crippen LogP contribution in [0.4, 0.5) is 0 Å². The third kappa shape index (κ3) is 2.80. The molecule has 0 aliphatic rings. The number of methoxy groups -OCH3 is 1. The molecule has 0 aliphatic carbocycles. The maximum atomic E-state index is 11.2. The first-order valence-electron chi connectivity index (χ1n) is 4.80. The van der Waals surface area contributed by atoms with E-state index >= 15 is 0 Å². The number of rotatable bonds is 4. The predicted octanol–water partition coefficient (Wildman–Crippen LogP) is 2.49. The molecule has 3 heteroatoms. The summed E-state index contributed by atoms with van der Waals surface area (Å²) in [7, 11) is 1.58. The van der Waals surface area contributed by atoms with Gasteiger partial charge in [0, 0.05) is 12.7 Å². The van der Waals surface area contributed by atoms with Gasteiger partial charge in [-0.2, -0.15) is 0 Å². The quantitative estimate of drug-likeness (QED) is 0.563. The van der Waals surface area contributed by atoms with Crippen molar-refractivity contribution in [1.29, 1.82) is 0 Å². The predicted molar refractivity (Wildman–Crippen MR) is 58.4 cm³/mol. The first kappa shape index (κ1) is 11.7. The van der Waals surface area contributed by atoms with Gasteiger partial charge in [-0.05, 0) is 44.0 Å². The summed E-state index contributed by atoms with van der Waals surface area (Å²) >= 11 is 0. The van der Waals surface area contributed by atoms with E-state index in [-0.39, 0.29) is 12.6 Å². The molecule has 15 heavy (non-hydrogen) atoms. The van der Waals surface area contributed by atoms with Gasteiger partial charge in [0.25, 0.3) is 0 Å². The zero-order chi connectivity index (χ0) is 11.4. The van der Waals surface area contributed by atoms with E-state index in [0.29, 0.717) is 0 Å². The molecule has 82 valence electrons. The molecule has 0 N–H and O–H groups in total. The molecule has 1 aromatic carbocycles. The van der Waals surface area contributed by atoms with Crippen LogP contribution in [-0.2, 0) is 4.74 Å². The molecule has 0 aromatic heterocycles. The standard InChI is InChI=1S/C12H16O3/c1-8-5-11(10(3)13)6-9(2)12(8)15-7-14-4/h5-6H,7H2,1-4H3. The summed E-state index contributed by atoms with van der Waals surface area (Å²) in [6.45, 7) is 5.62. The topological polar surface area (TPSA) is 35.5 Å². The third-order valence-corrected chi connectivity index (χ3v) is 2.19. The fraction of sp³-hybridized carbons (Fsp3) is 0.417. The van der Waals surface area contributed by atoms with Crippen molar-refractivity contribution in [3.8, 4) is 5.75 Å². The van der Waals surface area contributed by atoms with Gasteiger partial charge in [0.2, 0.25) is 0 Å². The summed E-state index contributed by atoms with van der Waals surface area (Å²) in [5, 5.41) is 0. The van der Waals surface area contributed by atoms with Crippen LogP contribution in [0.15, 0.2) is 12.1 Å². The number of benzene rings is 1. The van der Waals surface area contributed by atoms with Crippen molar-refractivity contribution in [3.63, 3.8) is 0 Å². The fourth-order valence-electron chi connectivity index (χ4n) is 1.50. The Bertz CT molecular complexity index is 346. The second kappa shape index (κ2) is 4.94. The largest absolute Gasteiger partial charge is 0.467 e. The summed E-state index contributed by atoms with van der Waals surface area (Å²) in [6.07, 6.45) is 0.